The van der Waals surface area contributed by atoms with Gasteiger partial charge in [0.25, 0.3) is 5.91 Å². The van der Waals surface area contributed by atoms with Crippen molar-refractivity contribution < 1.29 is 4.79 Å². The number of carbonyl (C=O) groups excluding carboxylic acids is 1. The van der Waals surface area contributed by atoms with Crippen LogP contribution in [0.5, 0.6) is 0 Å². The van der Waals surface area contributed by atoms with Gasteiger partial charge >= 0.3 is 0 Å². The monoisotopic (exact) mass is 286 g/mol. The number of fused-ring (bicyclic) bond motifs is 1. The van der Waals surface area contributed by atoms with Crippen LogP contribution in [0, 0.1) is 13.8 Å². The lowest BCUT2D eigenvalue weighted by Crippen LogP contribution is -2.24. The van der Waals surface area contributed by atoms with Crippen LogP contribution in [0.15, 0.2) is 30.5 Å². The third kappa shape index (κ3) is 2.30. The SMILES string of the molecule is Cc1cc(C(=O)NCc2nnc3ccccn23)c(C)s1. The number of rotatable bonds is 3. The van der Waals surface area contributed by atoms with Crippen molar-refractivity contribution in [3.63, 3.8) is 0 Å². The third-order valence-corrected chi connectivity index (χ3v) is 4.04. The van der Waals surface area contributed by atoms with Crippen molar-refractivity contribution in [2.24, 2.45) is 0 Å². The van der Waals surface area contributed by atoms with E-state index < -0.39 is 0 Å². The molecule has 3 aromatic heterocycles. The third-order valence-electron chi connectivity index (χ3n) is 3.08. The fraction of sp³-hybridized carbons (Fsp3) is 0.214. The number of carbonyl (C=O) groups is 1. The van der Waals surface area contributed by atoms with E-state index in [0.29, 0.717) is 6.54 Å². The topological polar surface area (TPSA) is 59.3 Å². The smallest absolute Gasteiger partial charge is 0.252 e. The van der Waals surface area contributed by atoms with Crippen LogP contribution in [0.4, 0.5) is 0 Å². The Kier molecular flexibility index (Phi) is 3.23. The molecule has 0 aliphatic carbocycles. The van der Waals surface area contributed by atoms with Crippen LogP contribution in [-0.4, -0.2) is 20.5 Å². The highest BCUT2D eigenvalue weighted by Gasteiger charge is 2.13. The van der Waals surface area contributed by atoms with Gasteiger partial charge in [-0.25, -0.2) is 0 Å². The molecule has 5 nitrogen and oxygen atoms in total. The van der Waals surface area contributed by atoms with Crippen LogP contribution in [0.3, 0.4) is 0 Å². The Labute approximate surface area is 120 Å². The molecule has 0 radical (unpaired) electrons. The lowest BCUT2D eigenvalue weighted by atomic mass is 10.2. The zero-order chi connectivity index (χ0) is 14.1. The quantitative estimate of drug-likeness (QED) is 0.804. The van der Waals surface area contributed by atoms with Crippen LogP contribution in [0.1, 0.15) is 25.9 Å². The highest BCUT2D eigenvalue weighted by atomic mass is 32.1. The van der Waals surface area contributed by atoms with Crippen LogP contribution < -0.4 is 5.32 Å². The van der Waals surface area contributed by atoms with Gasteiger partial charge in [-0.1, -0.05) is 6.07 Å². The molecule has 1 N–H and O–H groups in total. The van der Waals surface area contributed by atoms with E-state index in [2.05, 4.69) is 15.5 Å². The maximum Gasteiger partial charge on any atom is 0.252 e. The minimum Gasteiger partial charge on any atom is -0.345 e. The predicted octanol–water partition coefficient (Wildman–Crippen LogP) is 2.34. The number of aromatic nitrogens is 3. The van der Waals surface area contributed by atoms with E-state index in [1.165, 1.54) is 0 Å². The maximum atomic E-state index is 12.1. The number of hydrogen-bond donors (Lipinski definition) is 1. The fourth-order valence-electron chi connectivity index (χ4n) is 2.12. The number of pyridine rings is 1. The summed E-state index contributed by atoms with van der Waals surface area (Å²) in [5, 5.41) is 11.0. The summed E-state index contributed by atoms with van der Waals surface area (Å²) in [4.78, 5) is 14.3. The van der Waals surface area contributed by atoms with E-state index >= 15 is 0 Å². The molecule has 1 amide bonds. The molecule has 3 aromatic rings. The average Bonchev–Trinajstić information content (AvgIpc) is 2.99. The number of nitrogens with zero attached hydrogens (tertiary/aromatic N) is 3. The highest BCUT2D eigenvalue weighted by Crippen LogP contribution is 2.20. The second-order valence-corrected chi connectivity index (χ2v) is 6.02. The van der Waals surface area contributed by atoms with Crippen LogP contribution >= 0.6 is 11.3 Å². The molecule has 0 aliphatic heterocycles. The van der Waals surface area contributed by atoms with Crippen molar-refractivity contribution >= 4 is 22.9 Å². The van der Waals surface area contributed by atoms with Gasteiger partial charge in [-0.3, -0.25) is 9.20 Å². The maximum absolute atomic E-state index is 12.1. The summed E-state index contributed by atoms with van der Waals surface area (Å²) in [6, 6.07) is 7.61. The summed E-state index contributed by atoms with van der Waals surface area (Å²) in [5.74, 6) is 0.651. The number of hydrogen-bond acceptors (Lipinski definition) is 4. The summed E-state index contributed by atoms with van der Waals surface area (Å²) in [5.41, 5.74) is 1.51. The molecule has 0 fully saturated rings. The summed E-state index contributed by atoms with van der Waals surface area (Å²) in [6.45, 7) is 4.32. The Morgan fingerprint density at radius 3 is 2.95 bits per heavy atom. The number of aryl methyl sites for hydroxylation is 2. The van der Waals surface area contributed by atoms with Gasteiger partial charge in [0.1, 0.15) is 0 Å². The van der Waals surface area contributed by atoms with Gasteiger partial charge in [0.15, 0.2) is 11.5 Å². The Bertz CT molecular complexity index is 774. The molecule has 0 aromatic carbocycles. The van der Waals surface area contributed by atoms with Crippen molar-refractivity contribution in [3.8, 4) is 0 Å². The van der Waals surface area contributed by atoms with E-state index in [4.69, 9.17) is 0 Å². The van der Waals surface area contributed by atoms with E-state index in [9.17, 15) is 4.79 Å². The van der Waals surface area contributed by atoms with Crippen molar-refractivity contribution in [1.29, 1.82) is 0 Å². The second-order valence-electron chi connectivity index (χ2n) is 4.55. The van der Waals surface area contributed by atoms with Gasteiger partial charge < -0.3 is 5.32 Å². The average molecular weight is 286 g/mol. The largest absolute Gasteiger partial charge is 0.345 e. The summed E-state index contributed by atoms with van der Waals surface area (Å²) >= 11 is 1.63. The van der Waals surface area contributed by atoms with E-state index in [0.717, 1.165) is 26.8 Å². The molecule has 0 aliphatic rings. The normalized spacial score (nSPS) is 10.9. The first-order chi connectivity index (χ1) is 9.65. The predicted molar refractivity (Wildman–Crippen MR) is 78.0 cm³/mol. The standard InChI is InChI=1S/C14H14N4OS/c1-9-7-11(10(2)20-9)14(19)15-8-13-17-16-12-5-3-4-6-18(12)13/h3-7H,8H2,1-2H3,(H,15,19). The first kappa shape index (κ1) is 12.8. The summed E-state index contributed by atoms with van der Waals surface area (Å²) in [7, 11) is 0. The lowest BCUT2D eigenvalue weighted by molar-refractivity contribution is 0.0949. The van der Waals surface area contributed by atoms with Gasteiger partial charge in [0.05, 0.1) is 12.1 Å². The molecule has 0 unspecified atom stereocenters. The highest BCUT2D eigenvalue weighted by molar-refractivity contribution is 7.12. The van der Waals surface area contributed by atoms with E-state index in [1.54, 1.807) is 11.3 Å². The minimum absolute atomic E-state index is 0.0699. The first-order valence-corrected chi connectivity index (χ1v) is 7.10. The molecule has 0 saturated heterocycles. The number of thiophene rings is 1. The van der Waals surface area contributed by atoms with Gasteiger partial charge in [0, 0.05) is 16.0 Å². The molecule has 0 bridgehead atoms. The molecule has 0 saturated carbocycles. The molecule has 6 heteroatoms. The Morgan fingerprint density at radius 1 is 1.35 bits per heavy atom. The number of nitrogens with one attached hydrogen (secondary N) is 1. The van der Waals surface area contributed by atoms with Crippen molar-refractivity contribution in [1.82, 2.24) is 19.9 Å². The fourth-order valence-corrected chi connectivity index (χ4v) is 3.04. The Balaban J connectivity index is 1.76. The van der Waals surface area contributed by atoms with Gasteiger partial charge in [-0.15, -0.1) is 21.5 Å². The van der Waals surface area contributed by atoms with E-state index in [1.807, 2.05) is 48.7 Å². The second kappa shape index (κ2) is 5.05. The van der Waals surface area contributed by atoms with Gasteiger partial charge in [0.2, 0.25) is 0 Å². The van der Waals surface area contributed by atoms with Crippen molar-refractivity contribution in [3.05, 3.63) is 51.6 Å². The molecule has 3 heterocycles. The van der Waals surface area contributed by atoms with Crippen LogP contribution in [0.25, 0.3) is 5.65 Å². The summed E-state index contributed by atoms with van der Waals surface area (Å²) < 4.78 is 1.87. The molecule has 102 valence electrons. The molecule has 0 atom stereocenters. The van der Waals surface area contributed by atoms with Gasteiger partial charge in [-0.05, 0) is 32.0 Å². The summed E-state index contributed by atoms with van der Waals surface area (Å²) in [6.07, 6.45) is 1.89. The molecular weight excluding hydrogens is 272 g/mol. The molecule has 0 spiro atoms. The Morgan fingerprint density at radius 2 is 2.20 bits per heavy atom. The van der Waals surface area contributed by atoms with Crippen molar-refractivity contribution in [2.75, 3.05) is 0 Å². The minimum atomic E-state index is -0.0699. The Hall–Kier alpha value is -2.21. The molecule has 20 heavy (non-hydrogen) atoms. The molecule has 3 rings (SSSR count). The zero-order valence-corrected chi connectivity index (χ0v) is 12.1. The van der Waals surface area contributed by atoms with Crippen LogP contribution in [0.2, 0.25) is 0 Å². The number of amides is 1. The zero-order valence-electron chi connectivity index (χ0n) is 11.3. The van der Waals surface area contributed by atoms with E-state index in [-0.39, 0.29) is 5.91 Å². The lowest BCUT2D eigenvalue weighted by Gasteiger charge is -2.03. The van der Waals surface area contributed by atoms with Gasteiger partial charge in [-0.2, -0.15) is 0 Å². The van der Waals surface area contributed by atoms with Crippen molar-refractivity contribution in [2.45, 2.75) is 20.4 Å². The van der Waals surface area contributed by atoms with Crippen LogP contribution in [-0.2, 0) is 6.54 Å². The molecular formula is C14H14N4OS. The first-order valence-electron chi connectivity index (χ1n) is 6.29.